The fourth-order valence-corrected chi connectivity index (χ4v) is 4.06. The summed E-state index contributed by atoms with van der Waals surface area (Å²) in [7, 11) is 0. The number of unbranched alkanes of at least 4 members (excludes halogenated alkanes) is 21. The predicted octanol–water partition coefficient (Wildman–Crippen LogP) is 10.2. The van der Waals surface area contributed by atoms with Crippen LogP contribution in [-0.2, 0) is 9.47 Å². The van der Waals surface area contributed by atoms with E-state index in [4.69, 9.17) is 9.47 Å². The van der Waals surface area contributed by atoms with Crippen molar-refractivity contribution in [1.82, 2.24) is 0 Å². The average Bonchev–Trinajstić information content (AvgIpc) is 2.77. The molecule has 31 heavy (non-hydrogen) atoms. The molecule has 0 radical (unpaired) electrons. The van der Waals surface area contributed by atoms with Crippen molar-refractivity contribution in [2.45, 2.75) is 162 Å². The highest BCUT2D eigenvalue weighted by atomic mass is 16.7. The molecule has 0 spiro atoms. The van der Waals surface area contributed by atoms with Gasteiger partial charge in [0.25, 0.3) is 0 Å². The summed E-state index contributed by atoms with van der Waals surface area (Å²) in [5.74, 6) is 0. The lowest BCUT2D eigenvalue weighted by Gasteiger charge is -2.07. The molecule has 0 aromatic heterocycles. The third kappa shape index (κ3) is 27.2. The molecule has 0 aromatic rings. The Morgan fingerprint density at radius 3 is 0.871 bits per heavy atom. The third-order valence-electron chi connectivity index (χ3n) is 6.19. The molecular weight excluding hydrogens is 384 g/mol. The quantitative estimate of drug-likeness (QED) is 0.105. The van der Waals surface area contributed by atoms with E-state index in [-0.39, 0.29) is 0 Å². The normalized spacial score (nSPS) is 11.0. The van der Waals surface area contributed by atoms with Gasteiger partial charge in [-0.05, 0) is 12.8 Å². The molecular formula is C28H56O3. The van der Waals surface area contributed by atoms with Gasteiger partial charge in [-0.25, -0.2) is 4.79 Å². The molecule has 0 saturated heterocycles. The first-order chi connectivity index (χ1) is 15.3. The highest BCUT2D eigenvalue weighted by molar-refractivity contribution is 5.59. The van der Waals surface area contributed by atoms with Crippen LogP contribution >= 0.6 is 0 Å². The summed E-state index contributed by atoms with van der Waals surface area (Å²) in [5.41, 5.74) is 0. The lowest BCUT2D eigenvalue weighted by molar-refractivity contribution is 0.0529. The van der Waals surface area contributed by atoms with Crippen LogP contribution in [0.4, 0.5) is 4.79 Å². The van der Waals surface area contributed by atoms with Gasteiger partial charge < -0.3 is 9.47 Å². The van der Waals surface area contributed by atoms with E-state index in [0.717, 1.165) is 25.7 Å². The fourth-order valence-electron chi connectivity index (χ4n) is 4.06. The molecule has 0 aliphatic heterocycles. The Morgan fingerprint density at radius 2 is 0.613 bits per heavy atom. The molecule has 0 N–H and O–H groups in total. The van der Waals surface area contributed by atoms with Gasteiger partial charge in [0, 0.05) is 0 Å². The second kappa shape index (κ2) is 27.3. The average molecular weight is 441 g/mol. The molecule has 0 aromatic carbocycles. The van der Waals surface area contributed by atoms with Crippen molar-refractivity contribution in [1.29, 1.82) is 0 Å². The minimum atomic E-state index is -0.477. The molecule has 0 rings (SSSR count). The number of hydrogen-bond acceptors (Lipinski definition) is 3. The van der Waals surface area contributed by atoms with E-state index in [1.807, 2.05) is 0 Å². The zero-order chi connectivity index (χ0) is 22.7. The van der Waals surface area contributed by atoms with Crippen LogP contribution in [0, 0.1) is 0 Å². The minimum Gasteiger partial charge on any atom is -0.434 e. The molecule has 0 fully saturated rings. The molecule has 3 heteroatoms. The summed E-state index contributed by atoms with van der Waals surface area (Å²) in [6.45, 7) is 5.56. The van der Waals surface area contributed by atoms with Gasteiger partial charge in [-0.15, -0.1) is 0 Å². The summed E-state index contributed by atoms with van der Waals surface area (Å²) >= 11 is 0. The number of carbonyl (C=O) groups excluding carboxylic acids is 1. The minimum absolute atomic E-state index is 0.477. The molecule has 186 valence electrons. The Labute approximate surface area is 195 Å². The standard InChI is InChI=1S/C28H56O3/c1-3-5-7-9-11-13-15-17-19-21-23-25-27-31-28(29)30-26-24-22-20-18-16-14-12-10-8-6-4-2/h3-27H2,1-2H3. The zero-order valence-electron chi connectivity index (χ0n) is 21.4. The van der Waals surface area contributed by atoms with Crippen LogP contribution in [0.15, 0.2) is 0 Å². The first-order valence-corrected chi connectivity index (χ1v) is 14.1. The molecule has 0 heterocycles. The Balaban J connectivity index is 3.14. The largest absolute Gasteiger partial charge is 0.508 e. The van der Waals surface area contributed by atoms with Crippen LogP contribution in [0.5, 0.6) is 0 Å². The van der Waals surface area contributed by atoms with Crippen LogP contribution in [0.25, 0.3) is 0 Å². The molecule has 0 bridgehead atoms. The van der Waals surface area contributed by atoms with E-state index in [1.54, 1.807) is 0 Å². The van der Waals surface area contributed by atoms with Crippen molar-refractivity contribution < 1.29 is 14.3 Å². The van der Waals surface area contributed by atoms with Crippen molar-refractivity contribution in [3.8, 4) is 0 Å². The van der Waals surface area contributed by atoms with E-state index in [0.29, 0.717) is 13.2 Å². The van der Waals surface area contributed by atoms with Gasteiger partial charge in [-0.1, -0.05) is 149 Å². The van der Waals surface area contributed by atoms with Crippen LogP contribution in [-0.4, -0.2) is 19.4 Å². The molecule has 0 unspecified atom stereocenters. The number of carbonyl (C=O) groups is 1. The van der Waals surface area contributed by atoms with Crippen LogP contribution in [0.3, 0.4) is 0 Å². The van der Waals surface area contributed by atoms with E-state index in [1.165, 1.54) is 122 Å². The first kappa shape index (κ1) is 30.3. The number of rotatable bonds is 25. The Bertz CT molecular complexity index is 343. The summed E-state index contributed by atoms with van der Waals surface area (Å²) in [6.07, 6.45) is 29.7. The molecule has 0 aliphatic carbocycles. The van der Waals surface area contributed by atoms with E-state index < -0.39 is 6.16 Å². The second-order valence-electron chi connectivity index (χ2n) is 9.37. The maximum atomic E-state index is 11.6. The van der Waals surface area contributed by atoms with Gasteiger partial charge in [0.15, 0.2) is 0 Å². The van der Waals surface area contributed by atoms with Gasteiger partial charge in [-0.3, -0.25) is 0 Å². The molecule has 0 amide bonds. The van der Waals surface area contributed by atoms with Gasteiger partial charge in [-0.2, -0.15) is 0 Å². The van der Waals surface area contributed by atoms with Crippen molar-refractivity contribution >= 4 is 6.16 Å². The number of ether oxygens (including phenoxy) is 2. The van der Waals surface area contributed by atoms with Crippen molar-refractivity contribution in [2.75, 3.05) is 13.2 Å². The molecule has 0 saturated carbocycles. The highest BCUT2D eigenvalue weighted by Gasteiger charge is 2.03. The highest BCUT2D eigenvalue weighted by Crippen LogP contribution is 2.13. The van der Waals surface area contributed by atoms with Crippen molar-refractivity contribution in [2.24, 2.45) is 0 Å². The summed E-state index contributed by atoms with van der Waals surface area (Å²) < 4.78 is 10.3. The van der Waals surface area contributed by atoms with Gasteiger partial charge in [0.05, 0.1) is 13.2 Å². The van der Waals surface area contributed by atoms with Crippen LogP contribution in [0.1, 0.15) is 162 Å². The van der Waals surface area contributed by atoms with E-state index >= 15 is 0 Å². The Morgan fingerprint density at radius 1 is 0.387 bits per heavy atom. The molecule has 0 aliphatic rings. The first-order valence-electron chi connectivity index (χ1n) is 14.1. The van der Waals surface area contributed by atoms with Crippen LogP contribution < -0.4 is 0 Å². The smallest absolute Gasteiger partial charge is 0.434 e. The lowest BCUT2D eigenvalue weighted by atomic mass is 10.1. The van der Waals surface area contributed by atoms with Crippen LogP contribution in [0.2, 0.25) is 0 Å². The fraction of sp³-hybridized carbons (Fsp3) is 0.964. The maximum Gasteiger partial charge on any atom is 0.508 e. The Kier molecular flexibility index (Phi) is 26.7. The van der Waals surface area contributed by atoms with Gasteiger partial charge in [0.1, 0.15) is 0 Å². The van der Waals surface area contributed by atoms with Gasteiger partial charge >= 0.3 is 6.16 Å². The maximum absolute atomic E-state index is 11.6. The zero-order valence-corrected chi connectivity index (χ0v) is 21.4. The van der Waals surface area contributed by atoms with Crippen molar-refractivity contribution in [3.05, 3.63) is 0 Å². The SMILES string of the molecule is CCCCCCCCCCCCCCOC(=O)OCCCCCCCCCCCCC. The van der Waals surface area contributed by atoms with Gasteiger partial charge in [0.2, 0.25) is 0 Å². The van der Waals surface area contributed by atoms with E-state index in [9.17, 15) is 4.79 Å². The topological polar surface area (TPSA) is 35.5 Å². The monoisotopic (exact) mass is 440 g/mol. The van der Waals surface area contributed by atoms with E-state index in [2.05, 4.69) is 13.8 Å². The Hall–Kier alpha value is -0.730. The number of hydrogen-bond donors (Lipinski definition) is 0. The summed E-state index contributed by atoms with van der Waals surface area (Å²) in [4.78, 5) is 11.6. The molecule has 3 nitrogen and oxygen atoms in total. The summed E-state index contributed by atoms with van der Waals surface area (Å²) in [6, 6.07) is 0. The lowest BCUT2D eigenvalue weighted by Crippen LogP contribution is -2.09. The third-order valence-corrected chi connectivity index (χ3v) is 6.19. The summed E-state index contributed by atoms with van der Waals surface area (Å²) in [5, 5.41) is 0. The molecule has 0 atom stereocenters. The predicted molar refractivity (Wildman–Crippen MR) is 135 cm³/mol. The van der Waals surface area contributed by atoms with Crippen molar-refractivity contribution in [3.63, 3.8) is 0 Å². The second-order valence-corrected chi connectivity index (χ2v) is 9.37.